The van der Waals surface area contributed by atoms with Crippen molar-refractivity contribution in [3.63, 3.8) is 0 Å². The summed E-state index contributed by atoms with van der Waals surface area (Å²) in [4.78, 5) is 35.3. The van der Waals surface area contributed by atoms with Gasteiger partial charge < -0.3 is 20.1 Å². The molecule has 44 heavy (non-hydrogen) atoms. The van der Waals surface area contributed by atoms with Crippen molar-refractivity contribution >= 4 is 34.0 Å². The summed E-state index contributed by atoms with van der Waals surface area (Å²) in [5.41, 5.74) is -1.17. The standard InChI is InChI=1S/C31H36F4N4O4S/c1-16(2)37-30-38-21(15-44-30)10-19-11-23(31(33,34)35)27(36-14-19)43-26-12-22(29(41)42)25(13-24(26)32)39(17(3)4)28(40)20-8-6-18(5)7-9-20/h11-18,20H,6-10H2,1-5H3,(H,37,38)(H,41,42). The number of hydrogen-bond acceptors (Lipinski definition) is 7. The van der Waals surface area contributed by atoms with Crippen LogP contribution in [0.3, 0.4) is 0 Å². The van der Waals surface area contributed by atoms with E-state index in [1.165, 1.54) is 22.4 Å². The number of ether oxygens (including phenoxy) is 1. The molecule has 13 heteroatoms. The Kier molecular flexibility index (Phi) is 10.2. The third-order valence-electron chi connectivity index (χ3n) is 7.43. The number of pyridine rings is 1. The Balaban J connectivity index is 1.66. The van der Waals surface area contributed by atoms with E-state index < -0.39 is 46.8 Å². The molecule has 3 aromatic rings. The first-order chi connectivity index (χ1) is 20.6. The van der Waals surface area contributed by atoms with Crippen LogP contribution in [0.1, 0.15) is 87.5 Å². The minimum atomic E-state index is -4.91. The molecule has 2 aromatic heterocycles. The Hall–Kier alpha value is -3.74. The molecule has 238 valence electrons. The number of aromatic carboxylic acids is 1. The second kappa shape index (κ2) is 13.5. The van der Waals surface area contributed by atoms with Crippen molar-refractivity contribution in [3.8, 4) is 11.6 Å². The highest BCUT2D eigenvalue weighted by Crippen LogP contribution is 2.40. The summed E-state index contributed by atoms with van der Waals surface area (Å²) in [5.74, 6) is -4.49. The number of amides is 1. The Labute approximate surface area is 257 Å². The zero-order valence-corrected chi connectivity index (χ0v) is 26.0. The summed E-state index contributed by atoms with van der Waals surface area (Å²) in [7, 11) is 0. The summed E-state index contributed by atoms with van der Waals surface area (Å²) in [6.45, 7) is 9.35. The summed E-state index contributed by atoms with van der Waals surface area (Å²) in [6.07, 6.45) is -0.697. The molecular formula is C31H36F4N4O4S. The molecule has 1 aliphatic rings. The Morgan fingerprint density at radius 1 is 1.14 bits per heavy atom. The zero-order chi connectivity index (χ0) is 32.3. The lowest BCUT2D eigenvalue weighted by Gasteiger charge is -2.34. The number of halogens is 4. The van der Waals surface area contributed by atoms with Gasteiger partial charge in [-0.15, -0.1) is 11.3 Å². The van der Waals surface area contributed by atoms with Crippen molar-refractivity contribution in [2.45, 2.75) is 85.0 Å². The van der Waals surface area contributed by atoms with Gasteiger partial charge in [0.05, 0.1) is 16.9 Å². The molecule has 0 aliphatic heterocycles. The molecule has 1 saturated carbocycles. The van der Waals surface area contributed by atoms with Gasteiger partial charge in [0.25, 0.3) is 0 Å². The van der Waals surface area contributed by atoms with Crippen LogP contribution in [0.5, 0.6) is 11.6 Å². The number of carbonyl (C=O) groups is 2. The van der Waals surface area contributed by atoms with Gasteiger partial charge in [0, 0.05) is 48.1 Å². The lowest BCUT2D eigenvalue weighted by Crippen LogP contribution is -2.43. The number of benzene rings is 1. The minimum Gasteiger partial charge on any atom is -0.478 e. The molecule has 0 bridgehead atoms. The smallest absolute Gasteiger partial charge is 0.421 e. The second-order valence-electron chi connectivity index (χ2n) is 11.8. The van der Waals surface area contributed by atoms with Gasteiger partial charge in [0.15, 0.2) is 16.7 Å². The Morgan fingerprint density at radius 3 is 2.41 bits per heavy atom. The van der Waals surface area contributed by atoms with Crippen LogP contribution in [0.15, 0.2) is 29.8 Å². The largest absolute Gasteiger partial charge is 0.478 e. The first-order valence-corrected chi connectivity index (χ1v) is 15.4. The topological polar surface area (TPSA) is 105 Å². The third-order valence-corrected chi connectivity index (χ3v) is 8.25. The third kappa shape index (κ3) is 7.85. The SMILES string of the molecule is CC1CCC(C(=O)N(c2cc(F)c(Oc3ncc(Cc4csc(NC(C)C)n4)cc3C(F)(F)F)cc2C(=O)O)C(C)C)CC1. The molecule has 1 amide bonds. The second-order valence-corrected chi connectivity index (χ2v) is 12.6. The van der Waals surface area contributed by atoms with Gasteiger partial charge in [0.1, 0.15) is 5.56 Å². The van der Waals surface area contributed by atoms with Crippen LogP contribution in [0.2, 0.25) is 0 Å². The fourth-order valence-corrected chi connectivity index (χ4v) is 6.10. The number of carbonyl (C=O) groups excluding carboxylic acids is 1. The van der Waals surface area contributed by atoms with Crippen molar-refractivity contribution in [1.29, 1.82) is 0 Å². The van der Waals surface area contributed by atoms with Crippen molar-refractivity contribution in [2.75, 3.05) is 10.2 Å². The number of aromatic nitrogens is 2. The highest BCUT2D eigenvalue weighted by atomic mass is 32.1. The zero-order valence-electron chi connectivity index (χ0n) is 25.2. The van der Waals surface area contributed by atoms with E-state index in [-0.39, 0.29) is 35.5 Å². The maximum absolute atomic E-state index is 15.5. The summed E-state index contributed by atoms with van der Waals surface area (Å²) < 4.78 is 63.1. The van der Waals surface area contributed by atoms with Crippen molar-refractivity contribution in [1.82, 2.24) is 9.97 Å². The molecule has 2 N–H and O–H groups in total. The first kappa shape index (κ1) is 33.2. The first-order valence-electron chi connectivity index (χ1n) is 14.5. The molecule has 1 aromatic carbocycles. The van der Waals surface area contributed by atoms with Gasteiger partial charge in [-0.25, -0.2) is 19.2 Å². The van der Waals surface area contributed by atoms with Crippen molar-refractivity contribution < 1.29 is 37.0 Å². The predicted octanol–water partition coefficient (Wildman–Crippen LogP) is 8.17. The summed E-state index contributed by atoms with van der Waals surface area (Å²) in [6, 6.07) is 2.11. The summed E-state index contributed by atoms with van der Waals surface area (Å²) in [5, 5.41) is 15.5. The normalized spacial score (nSPS) is 17.2. The molecule has 0 atom stereocenters. The van der Waals surface area contributed by atoms with Gasteiger partial charge in [-0.1, -0.05) is 6.92 Å². The number of carboxylic acid groups (broad SMARTS) is 1. The lowest BCUT2D eigenvalue weighted by atomic mass is 9.82. The number of hydrogen-bond donors (Lipinski definition) is 2. The molecule has 0 spiro atoms. The molecule has 1 aliphatic carbocycles. The maximum Gasteiger partial charge on any atom is 0.421 e. The fourth-order valence-electron chi connectivity index (χ4n) is 5.24. The maximum atomic E-state index is 15.5. The van der Waals surface area contributed by atoms with E-state index in [9.17, 15) is 27.9 Å². The van der Waals surface area contributed by atoms with Crippen LogP contribution in [0.25, 0.3) is 0 Å². The van der Waals surface area contributed by atoms with Crippen LogP contribution in [0.4, 0.5) is 28.4 Å². The molecular weight excluding hydrogens is 600 g/mol. The van der Waals surface area contributed by atoms with Gasteiger partial charge in [-0.05, 0) is 70.9 Å². The number of nitrogens with zero attached hydrogens (tertiary/aromatic N) is 3. The van der Waals surface area contributed by atoms with E-state index in [2.05, 4.69) is 22.2 Å². The number of thiazole rings is 1. The molecule has 8 nitrogen and oxygen atoms in total. The van der Waals surface area contributed by atoms with Crippen molar-refractivity contribution in [2.24, 2.45) is 11.8 Å². The molecule has 1 fully saturated rings. The highest BCUT2D eigenvalue weighted by molar-refractivity contribution is 7.13. The van der Waals surface area contributed by atoms with E-state index in [0.717, 1.165) is 31.0 Å². The average molecular weight is 637 g/mol. The summed E-state index contributed by atoms with van der Waals surface area (Å²) >= 11 is 1.33. The van der Waals surface area contributed by atoms with Crippen LogP contribution in [0, 0.1) is 17.7 Å². The molecule has 0 unspecified atom stereocenters. The van der Waals surface area contributed by atoms with E-state index in [0.29, 0.717) is 29.6 Å². The van der Waals surface area contributed by atoms with Crippen molar-refractivity contribution in [3.05, 3.63) is 58.0 Å². The average Bonchev–Trinajstić information content (AvgIpc) is 3.36. The van der Waals surface area contributed by atoms with E-state index in [1.54, 1.807) is 19.2 Å². The van der Waals surface area contributed by atoms with Gasteiger partial charge in [-0.2, -0.15) is 13.2 Å². The Bertz CT molecular complexity index is 1500. The van der Waals surface area contributed by atoms with Crippen LogP contribution >= 0.6 is 11.3 Å². The number of rotatable bonds is 10. The Morgan fingerprint density at radius 2 is 1.82 bits per heavy atom. The number of nitrogens with one attached hydrogen (secondary N) is 1. The van der Waals surface area contributed by atoms with Crippen LogP contribution in [-0.2, 0) is 17.4 Å². The molecule has 0 saturated heterocycles. The molecule has 2 heterocycles. The number of alkyl halides is 3. The van der Waals surface area contributed by atoms with E-state index in [4.69, 9.17) is 4.74 Å². The predicted molar refractivity (Wildman–Crippen MR) is 160 cm³/mol. The van der Waals surface area contributed by atoms with Gasteiger partial charge in [0.2, 0.25) is 11.8 Å². The molecule has 0 radical (unpaired) electrons. The number of anilines is 2. The van der Waals surface area contributed by atoms with Crippen LogP contribution in [-0.4, -0.2) is 39.0 Å². The van der Waals surface area contributed by atoms with Gasteiger partial charge >= 0.3 is 12.1 Å². The monoisotopic (exact) mass is 636 g/mol. The van der Waals surface area contributed by atoms with Crippen LogP contribution < -0.4 is 15.0 Å². The quantitative estimate of drug-likeness (QED) is 0.216. The molecule has 4 rings (SSSR count). The highest BCUT2D eigenvalue weighted by Gasteiger charge is 2.37. The van der Waals surface area contributed by atoms with E-state index in [1.807, 2.05) is 13.8 Å². The van der Waals surface area contributed by atoms with E-state index >= 15 is 4.39 Å². The number of carboxylic acids is 1. The fraction of sp³-hybridized carbons (Fsp3) is 0.484. The van der Waals surface area contributed by atoms with Gasteiger partial charge in [-0.3, -0.25) is 4.79 Å². The minimum absolute atomic E-state index is 0.0673. The lowest BCUT2D eigenvalue weighted by molar-refractivity contribution is -0.139.